The number of ether oxygens (including phenoxy) is 1. The molecule has 0 aliphatic rings. The lowest BCUT2D eigenvalue weighted by Crippen LogP contribution is -2.12. The zero-order valence-electron chi connectivity index (χ0n) is 9.58. The molecule has 0 saturated heterocycles. The average Bonchev–Trinajstić information content (AvgIpc) is 2.36. The number of nitrogen functional groups attached to an aromatic ring is 1. The highest BCUT2D eigenvalue weighted by Crippen LogP contribution is 2.28. The predicted molar refractivity (Wildman–Crippen MR) is 68.9 cm³/mol. The highest BCUT2D eigenvalue weighted by molar-refractivity contribution is 6.30. The van der Waals surface area contributed by atoms with Crippen molar-refractivity contribution in [3.05, 3.63) is 58.6 Å². The number of hydrogen-bond acceptors (Lipinski definition) is 2. The van der Waals surface area contributed by atoms with Gasteiger partial charge in [0, 0.05) is 6.07 Å². The van der Waals surface area contributed by atoms with E-state index in [4.69, 9.17) is 27.5 Å². The molecular formula is C13H9ClF2N2O. The second-order valence-electron chi connectivity index (χ2n) is 3.73. The van der Waals surface area contributed by atoms with Crippen LogP contribution in [0.4, 0.5) is 8.78 Å². The molecular weight excluding hydrogens is 274 g/mol. The van der Waals surface area contributed by atoms with E-state index >= 15 is 0 Å². The molecule has 98 valence electrons. The molecule has 0 atom stereocenters. The third kappa shape index (κ3) is 3.00. The van der Waals surface area contributed by atoms with Gasteiger partial charge in [0.1, 0.15) is 29.0 Å². The first kappa shape index (κ1) is 13.3. The van der Waals surface area contributed by atoms with Gasteiger partial charge in [-0.1, -0.05) is 11.6 Å². The summed E-state index contributed by atoms with van der Waals surface area (Å²) in [6, 6.07) is 7.40. The summed E-state index contributed by atoms with van der Waals surface area (Å²) in [6.45, 7) is 0. The maximum atomic E-state index is 13.1. The van der Waals surface area contributed by atoms with Gasteiger partial charge in [-0.15, -0.1) is 0 Å². The minimum Gasteiger partial charge on any atom is -0.457 e. The van der Waals surface area contributed by atoms with Gasteiger partial charge in [-0.25, -0.2) is 8.78 Å². The first-order valence-electron chi connectivity index (χ1n) is 5.24. The summed E-state index contributed by atoms with van der Waals surface area (Å²) < 4.78 is 31.5. The van der Waals surface area contributed by atoms with Crippen LogP contribution in [0.25, 0.3) is 0 Å². The van der Waals surface area contributed by atoms with Crippen molar-refractivity contribution in [2.75, 3.05) is 0 Å². The van der Waals surface area contributed by atoms with Crippen LogP contribution in [-0.2, 0) is 0 Å². The molecule has 3 nitrogen and oxygen atoms in total. The van der Waals surface area contributed by atoms with Crippen LogP contribution in [0.2, 0.25) is 5.02 Å². The molecule has 2 aromatic carbocycles. The Labute approximate surface area is 113 Å². The van der Waals surface area contributed by atoms with E-state index in [0.717, 1.165) is 12.1 Å². The molecule has 0 aliphatic carbocycles. The molecule has 0 radical (unpaired) electrons. The number of halogens is 3. The van der Waals surface area contributed by atoms with Gasteiger partial charge in [-0.05, 0) is 30.3 Å². The van der Waals surface area contributed by atoms with E-state index in [1.54, 1.807) is 0 Å². The molecule has 0 unspecified atom stereocenters. The van der Waals surface area contributed by atoms with Gasteiger partial charge in [0.2, 0.25) is 0 Å². The van der Waals surface area contributed by atoms with E-state index < -0.39 is 11.6 Å². The fraction of sp³-hybridized carbons (Fsp3) is 0. The van der Waals surface area contributed by atoms with Crippen molar-refractivity contribution in [2.24, 2.45) is 5.73 Å². The average molecular weight is 283 g/mol. The van der Waals surface area contributed by atoms with E-state index in [1.807, 2.05) is 0 Å². The largest absolute Gasteiger partial charge is 0.457 e. The Hall–Kier alpha value is -2.14. The number of amidine groups is 1. The topological polar surface area (TPSA) is 59.1 Å². The van der Waals surface area contributed by atoms with Gasteiger partial charge >= 0.3 is 0 Å². The lowest BCUT2D eigenvalue weighted by Gasteiger charge is -2.10. The number of benzene rings is 2. The Kier molecular flexibility index (Phi) is 3.66. The third-order valence-electron chi connectivity index (χ3n) is 2.35. The maximum absolute atomic E-state index is 13.1. The SMILES string of the molecule is N=C(N)c1cc(F)ccc1Oc1ccc(F)c(Cl)c1. The van der Waals surface area contributed by atoms with E-state index in [0.29, 0.717) is 0 Å². The molecule has 0 spiro atoms. The normalized spacial score (nSPS) is 10.3. The molecule has 2 rings (SSSR count). The molecule has 19 heavy (non-hydrogen) atoms. The highest BCUT2D eigenvalue weighted by atomic mass is 35.5. The van der Waals surface area contributed by atoms with Gasteiger partial charge in [0.25, 0.3) is 0 Å². The molecule has 0 saturated carbocycles. The van der Waals surface area contributed by atoms with Crippen molar-refractivity contribution in [1.29, 1.82) is 5.41 Å². The number of rotatable bonds is 3. The van der Waals surface area contributed by atoms with E-state index in [9.17, 15) is 8.78 Å². The summed E-state index contributed by atoms with van der Waals surface area (Å²) in [7, 11) is 0. The maximum Gasteiger partial charge on any atom is 0.142 e. The van der Waals surface area contributed by atoms with Crippen LogP contribution in [0, 0.1) is 17.0 Å². The van der Waals surface area contributed by atoms with E-state index in [1.165, 1.54) is 24.3 Å². The summed E-state index contributed by atoms with van der Waals surface area (Å²) in [5, 5.41) is 7.27. The Morgan fingerprint density at radius 3 is 2.53 bits per heavy atom. The Bertz CT molecular complexity index is 647. The molecule has 0 amide bonds. The number of nitrogens with one attached hydrogen (secondary N) is 1. The molecule has 0 fully saturated rings. The van der Waals surface area contributed by atoms with Crippen molar-refractivity contribution in [3.8, 4) is 11.5 Å². The summed E-state index contributed by atoms with van der Waals surface area (Å²) in [5.41, 5.74) is 5.45. The molecule has 0 heterocycles. The van der Waals surface area contributed by atoms with Gasteiger partial charge in [0.05, 0.1) is 10.6 Å². The molecule has 2 aromatic rings. The quantitative estimate of drug-likeness (QED) is 0.666. The highest BCUT2D eigenvalue weighted by Gasteiger charge is 2.10. The third-order valence-corrected chi connectivity index (χ3v) is 2.64. The number of nitrogens with two attached hydrogens (primary N) is 1. The fourth-order valence-corrected chi connectivity index (χ4v) is 1.64. The minimum absolute atomic E-state index is 0.0935. The Morgan fingerprint density at radius 2 is 1.89 bits per heavy atom. The first-order chi connectivity index (χ1) is 8.97. The van der Waals surface area contributed by atoms with Gasteiger partial charge in [-0.2, -0.15) is 0 Å². The predicted octanol–water partition coefficient (Wildman–Crippen LogP) is 3.69. The zero-order chi connectivity index (χ0) is 14.0. The van der Waals surface area contributed by atoms with Crippen LogP contribution in [0.3, 0.4) is 0 Å². The minimum atomic E-state index is -0.570. The number of hydrogen-bond donors (Lipinski definition) is 2. The fourth-order valence-electron chi connectivity index (χ4n) is 1.47. The van der Waals surface area contributed by atoms with Crippen molar-refractivity contribution in [2.45, 2.75) is 0 Å². The van der Waals surface area contributed by atoms with E-state index in [2.05, 4.69) is 0 Å². The van der Waals surface area contributed by atoms with Gasteiger partial charge in [0.15, 0.2) is 0 Å². The van der Waals surface area contributed by atoms with Crippen LogP contribution >= 0.6 is 11.6 Å². The Balaban J connectivity index is 2.37. The van der Waals surface area contributed by atoms with Crippen LogP contribution < -0.4 is 10.5 Å². The second-order valence-corrected chi connectivity index (χ2v) is 4.14. The lowest BCUT2D eigenvalue weighted by atomic mass is 10.2. The summed E-state index contributed by atoms with van der Waals surface area (Å²) in [5.74, 6) is -0.977. The van der Waals surface area contributed by atoms with Crippen molar-refractivity contribution in [3.63, 3.8) is 0 Å². The molecule has 0 aliphatic heterocycles. The van der Waals surface area contributed by atoms with Gasteiger partial charge < -0.3 is 10.5 Å². The van der Waals surface area contributed by atoms with Crippen LogP contribution in [0.15, 0.2) is 36.4 Å². The smallest absolute Gasteiger partial charge is 0.142 e. The van der Waals surface area contributed by atoms with E-state index in [-0.39, 0.29) is 27.9 Å². The first-order valence-corrected chi connectivity index (χ1v) is 5.62. The zero-order valence-corrected chi connectivity index (χ0v) is 10.3. The summed E-state index contributed by atoms with van der Waals surface area (Å²) >= 11 is 5.63. The summed E-state index contributed by atoms with van der Waals surface area (Å²) in [4.78, 5) is 0. The second kappa shape index (κ2) is 5.24. The van der Waals surface area contributed by atoms with Crippen molar-refractivity contribution >= 4 is 17.4 Å². The van der Waals surface area contributed by atoms with Crippen LogP contribution in [0.1, 0.15) is 5.56 Å². The molecule has 0 bridgehead atoms. The molecule has 6 heteroatoms. The van der Waals surface area contributed by atoms with Crippen LogP contribution in [0.5, 0.6) is 11.5 Å². The Morgan fingerprint density at radius 1 is 1.16 bits per heavy atom. The lowest BCUT2D eigenvalue weighted by molar-refractivity contribution is 0.477. The molecule has 0 aromatic heterocycles. The monoisotopic (exact) mass is 282 g/mol. The summed E-state index contributed by atoms with van der Waals surface area (Å²) in [6.07, 6.45) is 0. The van der Waals surface area contributed by atoms with Gasteiger partial charge in [-0.3, -0.25) is 5.41 Å². The van der Waals surface area contributed by atoms with Crippen molar-refractivity contribution < 1.29 is 13.5 Å². The van der Waals surface area contributed by atoms with Crippen molar-refractivity contribution in [1.82, 2.24) is 0 Å². The molecule has 3 N–H and O–H groups in total. The standard InChI is InChI=1S/C13H9ClF2N2O/c14-10-6-8(2-3-11(10)16)19-12-4-1-7(15)5-9(12)13(17)18/h1-6H,(H3,17,18). The van der Waals surface area contributed by atoms with Crippen LogP contribution in [-0.4, -0.2) is 5.84 Å².